The van der Waals surface area contributed by atoms with E-state index < -0.39 is 11.9 Å². The van der Waals surface area contributed by atoms with Crippen LogP contribution in [0.15, 0.2) is 36.7 Å². The van der Waals surface area contributed by atoms with Crippen LogP contribution in [0.25, 0.3) is 0 Å². The van der Waals surface area contributed by atoms with Crippen molar-refractivity contribution in [2.45, 2.75) is 13.8 Å². The van der Waals surface area contributed by atoms with E-state index in [-0.39, 0.29) is 28.5 Å². The van der Waals surface area contributed by atoms with Crippen LogP contribution >= 0.6 is 0 Å². The van der Waals surface area contributed by atoms with Crippen LogP contribution in [0.3, 0.4) is 0 Å². The van der Waals surface area contributed by atoms with E-state index in [1.54, 1.807) is 38.1 Å². The predicted octanol–water partition coefficient (Wildman–Crippen LogP) is 2.17. The monoisotopic (exact) mass is 337 g/mol. The smallest absolute Gasteiger partial charge is 0.354 e. The molecular weight excluding hydrogens is 324 g/mol. The first-order chi connectivity index (χ1) is 9.43. The van der Waals surface area contributed by atoms with Crippen LogP contribution in [0, 0.1) is 13.8 Å². The molecule has 0 spiro atoms. The number of aromatic carboxylic acids is 2. The summed E-state index contributed by atoms with van der Waals surface area (Å²) in [7, 11) is 0. The van der Waals surface area contributed by atoms with Gasteiger partial charge in [0.1, 0.15) is 0 Å². The Hall–Kier alpha value is -2.24. The summed E-state index contributed by atoms with van der Waals surface area (Å²) in [5.74, 6) is -1.95. The van der Waals surface area contributed by atoms with E-state index in [0.717, 1.165) is 0 Å². The topological polar surface area (TPSA) is 100 Å². The first-order valence-corrected chi connectivity index (χ1v) is 5.73. The van der Waals surface area contributed by atoms with Gasteiger partial charge in [0.25, 0.3) is 0 Å². The maximum atomic E-state index is 10.4. The Balaban J connectivity index is 0.000000364. The Morgan fingerprint density at radius 2 is 1.19 bits per heavy atom. The number of aryl methyl sites for hydroxylation is 2. The van der Waals surface area contributed by atoms with Crippen molar-refractivity contribution < 1.29 is 36.9 Å². The van der Waals surface area contributed by atoms with E-state index in [2.05, 4.69) is 9.97 Å². The molecule has 0 saturated carbocycles. The molecule has 0 atom stereocenters. The molecule has 2 heterocycles. The van der Waals surface area contributed by atoms with Gasteiger partial charge in [-0.3, -0.25) is 0 Å². The predicted molar refractivity (Wildman–Crippen MR) is 71.9 cm³/mol. The molecule has 6 nitrogen and oxygen atoms in total. The minimum absolute atomic E-state index is 0. The van der Waals surface area contributed by atoms with Crippen molar-refractivity contribution >= 4 is 11.9 Å². The summed E-state index contributed by atoms with van der Waals surface area (Å²) in [4.78, 5) is 28.1. The molecule has 0 aliphatic carbocycles. The fourth-order valence-corrected chi connectivity index (χ4v) is 1.42. The van der Waals surface area contributed by atoms with E-state index in [1.807, 2.05) is 0 Å². The van der Waals surface area contributed by atoms with Gasteiger partial charge in [0, 0.05) is 29.5 Å². The summed E-state index contributed by atoms with van der Waals surface area (Å²) < 4.78 is 0. The first-order valence-electron chi connectivity index (χ1n) is 5.73. The van der Waals surface area contributed by atoms with Crippen molar-refractivity contribution in [2.24, 2.45) is 0 Å². The van der Waals surface area contributed by atoms with Crippen LogP contribution in [0.4, 0.5) is 0 Å². The van der Waals surface area contributed by atoms with Gasteiger partial charge < -0.3 is 10.2 Å². The number of hydrogen-bond acceptors (Lipinski definition) is 4. The van der Waals surface area contributed by atoms with E-state index in [0.29, 0.717) is 11.1 Å². The molecule has 0 aliphatic rings. The number of carbonyl (C=O) groups is 2. The van der Waals surface area contributed by atoms with Gasteiger partial charge in [-0.05, 0) is 37.1 Å². The zero-order valence-electron chi connectivity index (χ0n) is 11.4. The third-order valence-electron chi connectivity index (χ3n) is 2.42. The first kappa shape index (κ1) is 18.8. The minimum Gasteiger partial charge on any atom is -0.477 e. The van der Waals surface area contributed by atoms with Gasteiger partial charge in [0.15, 0.2) is 11.4 Å². The SMILES string of the molecule is Cc1cccnc1C(=O)O.Cc1cccnc1C(=O)O.[Cu]. The normalized spacial score (nSPS) is 8.86. The molecule has 0 unspecified atom stereocenters. The molecule has 0 saturated heterocycles. The molecule has 7 heteroatoms. The number of carboxylic acid groups (broad SMARTS) is 2. The Bertz CT molecular complexity index is 576. The van der Waals surface area contributed by atoms with Crippen molar-refractivity contribution in [3.8, 4) is 0 Å². The summed E-state index contributed by atoms with van der Waals surface area (Å²) >= 11 is 0. The zero-order valence-corrected chi connectivity index (χ0v) is 12.3. The number of rotatable bonds is 2. The van der Waals surface area contributed by atoms with Crippen LogP contribution in [0.5, 0.6) is 0 Å². The van der Waals surface area contributed by atoms with Crippen LogP contribution in [-0.2, 0) is 17.1 Å². The average Bonchev–Trinajstić information content (AvgIpc) is 2.40. The van der Waals surface area contributed by atoms with Crippen LogP contribution < -0.4 is 0 Å². The summed E-state index contributed by atoms with van der Waals surface area (Å²) in [6, 6.07) is 6.86. The zero-order chi connectivity index (χ0) is 15.1. The quantitative estimate of drug-likeness (QED) is 0.814. The van der Waals surface area contributed by atoms with Crippen LogP contribution in [0.2, 0.25) is 0 Å². The van der Waals surface area contributed by atoms with Crippen molar-refractivity contribution in [3.63, 3.8) is 0 Å². The van der Waals surface area contributed by atoms with Gasteiger partial charge in [0.2, 0.25) is 0 Å². The number of hydrogen-bond donors (Lipinski definition) is 2. The van der Waals surface area contributed by atoms with Crippen molar-refractivity contribution in [3.05, 3.63) is 59.2 Å². The number of nitrogens with zero attached hydrogens (tertiary/aromatic N) is 2. The number of pyridine rings is 2. The molecule has 0 aromatic carbocycles. The minimum atomic E-state index is -0.974. The average molecular weight is 338 g/mol. The van der Waals surface area contributed by atoms with Crippen molar-refractivity contribution in [2.75, 3.05) is 0 Å². The summed E-state index contributed by atoms with van der Waals surface area (Å²) in [5.41, 5.74) is 1.63. The molecular formula is C14H14CuN2O4. The molecule has 2 aromatic rings. The van der Waals surface area contributed by atoms with Gasteiger partial charge in [-0.2, -0.15) is 0 Å². The Kier molecular flexibility index (Phi) is 7.89. The molecule has 2 N–H and O–H groups in total. The number of aromatic nitrogens is 2. The molecule has 0 amide bonds. The van der Waals surface area contributed by atoms with E-state index in [1.165, 1.54) is 12.4 Å². The molecule has 115 valence electrons. The van der Waals surface area contributed by atoms with Crippen LogP contribution in [0.1, 0.15) is 32.1 Å². The second-order valence-electron chi connectivity index (χ2n) is 3.95. The molecule has 2 rings (SSSR count). The Morgan fingerprint density at radius 1 is 0.857 bits per heavy atom. The summed E-state index contributed by atoms with van der Waals surface area (Å²) in [5, 5.41) is 17.0. The fraction of sp³-hybridized carbons (Fsp3) is 0.143. The Labute approximate surface area is 132 Å². The maximum absolute atomic E-state index is 10.4. The fourth-order valence-electron chi connectivity index (χ4n) is 1.42. The second kappa shape index (κ2) is 8.84. The van der Waals surface area contributed by atoms with Gasteiger partial charge >= 0.3 is 11.9 Å². The third-order valence-corrected chi connectivity index (χ3v) is 2.42. The molecule has 0 aliphatic heterocycles. The standard InChI is InChI=1S/2C7H7NO2.Cu/c2*1-5-3-2-4-8-6(5)7(9)10;/h2*2-4H,1H3,(H,9,10);. The van der Waals surface area contributed by atoms with Gasteiger partial charge in [-0.15, -0.1) is 0 Å². The molecule has 1 radical (unpaired) electrons. The largest absolute Gasteiger partial charge is 0.477 e. The molecule has 0 fully saturated rings. The van der Waals surface area contributed by atoms with Gasteiger partial charge in [-0.25, -0.2) is 19.6 Å². The van der Waals surface area contributed by atoms with E-state index in [4.69, 9.17) is 10.2 Å². The van der Waals surface area contributed by atoms with Gasteiger partial charge in [0.05, 0.1) is 0 Å². The van der Waals surface area contributed by atoms with Gasteiger partial charge in [-0.1, -0.05) is 12.1 Å². The molecule has 21 heavy (non-hydrogen) atoms. The summed E-state index contributed by atoms with van der Waals surface area (Å²) in [6.45, 7) is 3.44. The second-order valence-corrected chi connectivity index (χ2v) is 3.95. The van der Waals surface area contributed by atoms with Crippen molar-refractivity contribution in [1.82, 2.24) is 9.97 Å². The molecule has 2 aromatic heterocycles. The third kappa shape index (κ3) is 5.72. The van der Waals surface area contributed by atoms with E-state index in [9.17, 15) is 9.59 Å². The molecule has 0 bridgehead atoms. The maximum Gasteiger partial charge on any atom is 0.354 e. The van der Waals surface area contributed by atoms with Crippen LogP contribution in [-0.4, -0.2) is 32.1 Å². The summed E-state index contributed by atoms with van der Waals surface area (Å²) in [6.07, 6.45) is 2.94. The number of carboxylic acids is 2. The van der Waals surface area contributed by atoms with Crippen molar-refractivity contribution in [1.29, 1.82) is 0 Å². The Morgan fingerprint density at radius 3 is 1.38 bits per heavy atom. The van der Waals surface area contributed by atoms with E-state index >= 15 is 0 Å².